The first-order valence-electron chi connectivity index (χ1n) is 16.4. The maximum atomic E-state index is 13.8. The van der Waals surface area contributed by atoms with E-state index in [1.54, 1.807) is 30.1 Å². The third-order valence-corrected chi connectivity index (χ3v) is 9.73. The summed E-state index contributed by atoms with van der Waals surface area (Å²) in [5.41, 5.74) is 4.05. The van der Waals surface area contributed by atoms with E-state index in [9.17, 15) is 19.5 Å². The quantitative estimate of drug-likeness (QED) is 0.201. The molecule has 4 rings (SSSR count). The summed E-state index contributed by atoms with van der Waals surface area (Å²) in [4.78, 5) is 56.7. The molecule has 3 heterocycles. The van der Waals surface area contributed by atoms with Gasteiger partial charge in [-0.25, -0.2) is 4.79 Å². The number of hydrogen-bond acceptors (Lipinski definition) is 10. The number of urea groups is 1. The lowest BCUT2D eigenvalue weighted by molar-refractivity contribution is -0.132. The zero-order valence-corrected chi connectivity index (χ0v) is 30.4. The molecule has 4 amide bonds. The van der Waals surface area contributed by atoms with Gasteiger partial charge in [0.25, 0.3) is 0 Å². The first-order valence-corrected chi connectivity index (χ1v) is 18.1. The maximum absolute atomic E-state index is 13.8. The Morgan fingerprint density at radius 3 is 2.29 bits per heavy atom. The van der Waals surface area contributed by atoms with Crippen LogP contribution >= 0.6 is 22.7 Å². The van der Waals surface area contributed by atoms with Crippen LogP contribution in [0.15, 0.2) is 53.7 Å². The zero-order valence-electron chi connectivity index (χ0n) is 28.8. The predicted octanol–water partition coefficient (Wildman–Crippen LogP) is 2.96. The van der Waals surface area contributed by atoms with Crippen molar-refractivity contribution in [2.75, 3.05) is 33.2 Å². The lowest BCUT2D eigenvalue weighted by Gasteiger charge is -2.43. The third kappa shape index (κ3) is 11.3. The van der Waals surface area contributed by atoms with Crippen LogP contribution in [0.4, 0.5) is 4.79 Å². The number of carbonyl (C=O) groups is 3. The maximum Gasteiger partial charge on any atom is 0.318 e. The second-order valence-electron chi connectivity index (χ2n) is 13.8. The summed E-state index contributed by atoms with van der Waals surface area (Å²) in [6.07, 6.45) is 2.95. The van der Waals surface area contributed by atoms with E-state index < -0.39 is 29.8 Å². The molecule has 2 aromatic heterocycles. The van der Waals surface area contributed by atoms with Crippen LogP contribution in [-0.4, -0.2) is 111 Å². The van der Waals surface area contributed by atoms with E-state index in [0.717, 1.165) is 21.9 Å². The minimum Gasteiger partial charge on any atom is -0.390 e. The predicted molar refractivity (Wildman–Crippen MR) is 189 cm³/mol. The summed E-state index contributed by atoms with van der Waals surface area (Å²) >= 11 is 3.05. The summed E-state index contributed by atoms with van der Waals surface area (Å²) in [7, 11) is 1.68. The molecule has 12 nitrogen and oxygen atoms in total. The van der Waals surface area contributed by atoms with Crippen LogP contribution in [0, 0.1) is 5.92 Å². The average molecular weight is 699 g/mol. The Hall–Kier alpha value is -3.43. The molecule has 0 radical (unpaired) electrons. The Morgan fingerprint density at radius 2 is 1.69 bits per heavy atom. The van der Waals surface area contributed by atoms with Crippen LogP contribution < -0.4 is 16.0 Å². The fourth-order valence-corrected chi connectivity index (χ4v) is 6.96. The number of hydrogen-bond donors (Lipinski definition) is 4. The number of benzene rings is 1. The molecule has 1 saturated heterocycles. The molecule has 3 aromatic rings. The normalized spacial score (nSPS) is 17.8. The summed E-state index contributed by atoms with van der Waals surface area (Å²) in [6, 6.07) is 7.32. The van der Waals surface area contributed by atoms with Crippen molar-refractivity contribution in [2.24, 2.45) is 5.92 Å². The van der Waals surface area contributed by atoms with Crippen LogP contribution in [-0.2, 0) is 29.1 Å². The lowest BCUT2D eigenvalue weighted by Crippen LogP contribution is -2.63. The van der Waals surface area contributed by atoms with Gasteiger partial charge in [0.05, 0.1) is 29.7 Å². The van der Waals surface area contributed by atoms with Crippen molar-refractivity contribution >= 4 is 40.5 Å². The van der Waals surface area contributed by atoms with E-state index in [4.69, 9.17) is 0 Å². The van der Waals surface area contributed by atoms with Gasteiger partial charge in [0.1, 0.15) is 12.1 Å². The van der Waals surface area contributed by atoms with Crippen molar-refractivity contribution in [2.45, 2.75) is 83.9 Å². The molecule has 0 aliphatic carbocycles. The number of aromatic nitrogens is 2. The molecule has 14 heteroatoms. The van der Waals surface area contributed by atoms with E-state index in [1.807, 2.05) is 81.6 Å². The van der Waals surface area contributed by atoms with Crippen molar-refractivity contribution < 1.29 is 19.5 Å². The number of aliphatic hydroxyl groups is 1. The van der Waals surface area contributed by atoms with Crippen LogP contribution in [0.2, 0.25) is 0 Å². The summed E-state index contributed by atoms with van der Waals surface area (Å²) in [5.74, 6) is -0.685. The minimum absolute atomic E-state index is 0.0996. The Labute approximate surface area is 291 Å². The lowest BCUT2D eigenvalue weighted by atomic mass is 9.97. The zero-order chi connectivity index (χ0) is 34.8. The molecule has 0 bridgehead atoms. The Balaban J connectivity index is 1.49. The number of rotatable bonds is 14. The topological polar surface area (TPSA) is 143 Å². The number of thiazole rings is 2. The smallest absolute Gasteiger partial charge is 0.318 e. The molecule has 1 fully saturated rings. The van der Waals surface area contributed by atoms with Crippen molar-refractivity contribution in [1.82, 2.24) is 40.6 Å². The van der Waals surface area contributed by atoms with Gasteiger partial charge in [-0.1, -0.05) is 44.2 Å². The van der Waals surface area contributed by atoms with Crippen LogP contribution in [0.5, 0.6) is 0 Å². The highest BCUT2D eigenvalue weighted by Crippen LogP contribution is 2.19. The summed E-state index contributed by atoms with van der Waals surface area (Å²) in [5, 5.41) is 20.9. The second-order valence-corrected chi connectivity index (χ2v) is 15.8. The molecule has 4 atom stereocenters. The summed E-state index contributed by atoms with van der Waals surface area (Å²) in [6.45, 7) is 12.7. The number of β-amino-alcohol motifs (C(OH)–C–C–N with tert-alkyl or cyclic N) is 1. The van der Waals surface area contributed by atoms with Gasteiger partial charge < -0.3 is 26.0 Å². The molecule has 0 saturated carbocycles. The highest BCUT2D eigenvalue weighted by atomic mass is 32.1. The first kappa shape index (κ1) is 37.4. The molecule has 4 N–H and O–H groups in total. The standard InChI is InChI=1S/C34H50N8O4S2/c1-23(2)30(38-33(46)40(6)17-25-15-35-21-47-25)32(45)37-27(14-24-10-8-7-9-11-24)29(43)20-42-13-12-41(18-26-16-36-22-48-26)19-28(42)31(44)39-34(3,4)5/h7-11,15-16,21-23,27-30,43H,12-14,17-20H2,1-6H3,(H,37,45)(H,38,46)(H,39,44)/t27-,28-,29+,30-/m0/s1. The monoisotopic (exact) mass is 698 g/mol. The molecular weight excluding hydrogens is 649 g/mol. The van der Waals surface area contributed by atoms with Crippen molar-refractivity contribution in [1.29, 1.82) is 0 Å². The van der Waals surface area contributed by atoms with Gasteiger partial charge in [-0.2, -0.15) is 0 Å². The summed E-state index contributed by atoms with van der Waals surface area (Å²) < 4.78 is 0. The van der Waals surface area contributed by atoms with Crippen LogP contribution in [0.25, 0.3) is 0 Å². The largest absolute Gasteiger partial charge is 0.390 e. The van der Waals surface area contributed by atoms with Crippen molar-refractivity contribution in [3.8, 4) is 0 Å². The number of carbonyl (C=O) groups excluding carboxylic acids is 3. The number of amides is 4. The molecule has 1 aromatic carbocycles. The Kier molecular flexibility index (Phi) is 13.5. The van der Waals surface area contributed by atoms with Gasteiger partial charge in [0, 0.05) is 67.5 Å². The van der Waals surface area contributed by atoms with Crippen LogP contribution in [0.1, 0.15) is 49.9 Å². The average Bonchev–Trinajstić information content (AvgIpc) is 3.74. The van der Waals surface area contributed by atoms with Crippen molar-refractivity contribution in [3.63, 3.8) is 0 Å². The Bertz CT molecular complexity index is 1430. The molecule has 1 aliphatic heterocycles. The van der Waals surface area contributed by atoms with Gasteiger partial charge in [0.15, 0.2) is 0 Å². The Morgan fingerprint density at radius 1 is 1.02 bits per heavy atom. The molecule has 48 heavy (non-hydrogen) atoms. The SMILES string of the molecule is CC(C)[C@H](NC(=O)N(C)Cc1cncs1)C(=O)N[C@@H](Cc1ccccc1)[C@H](O)CN1CCN(Cc2cncs2)C[C@H]1C(=O)NC(C)(C)C. The van der Waals surface area contributed by atoms with Gasteiger partial charge >= 0.3 is 6.03 Å². The third-order valence-electron chi connectivity index (χ3n) is 8.20. The van der Waals surface area contributed by atoms with E-state index in [0.29, 0.717) is 32.6 Å². The molecule has 0 spiro atoms. The highest BCUT2D eigenvalue weighted by molar-refractivity contribution is 7.09. The molecular formula is C34H50N8O4S2. The fraction of sp³-hybridized carbons (Fsp3) is 0.559. The van der Waals surface area contributed by atoms with E-state index in [-0.39, 0.29) is 30.3 Å². The number of nitrogens with zero attached hydrogens (tertiary/aromatic N) is 5. The van der Waals surface area contributed by atoms with E-state index in [1.165, 1.54) is 16.2 Å². The number of nitrogens with one attached hydrogen (secondary N) is 3. The first-order chi connectivity index (χ1) is 22.8. The van der Waals surface area contributed by atoms with Crippen molar-refractivity contribution in [3.05, 3.63) is 69.1 Å². The molecule has 0 unspecified atom stereocenters. The highest BCUT2D eigenvalue weighted by Gasteiger charge is 2.37. The van der Waals surface area contributed by atoms with Gasteiger partial charge in [-0.15, -0.1) is 22.7 Å². The van der Waals surface area contributed by atoms with Gasteiger partial charge in [-0.05, 0) is 38.7 Å². The minimum atomic E-state index is -0.996. The van der Waals surface area contributed by atoms with Gasteiger partial charge in [-0.3, -0.25) is 29.4 Å². The molecule has 1 aliphatic rings. The van der Waals surface area contributed by atoms with Crippen LogP contribution in [0.3, 0.4) is 0 Å². The van der Waals surface area contributed by atoms with Gasteiger partial charge in [0.2, 0.25) is 11.8 Å². The fourth-order valence-electron chi connectivity index (χ4n) is 5.68. The molecule has 262 valence electrons. The van der Waals surface area contributed by atoms with E-state index in [2.05, 4.69) is 30.8 Å². The van der Waals surface area contributed by atoms with E-state index >= 15 is 0 Å². The second kappa shape index (κ2) is 17.3. The number of aliphatic hydroxyl groups excluding tert-OH is 1. The number of piperazine rings is 1.